The van der Waals surface area contributed by atoms with Gasteiger partial charge in [0.2, 0.25) is 0 Å². The summed E-state index contributed by atoms with van der Waals surface area (Å²) >= 11 is 12.4. The molecule has 0 radical (unpaired) electrons. The summed E-state index contributed by atoms with van der Waals surface area (Å²) in [6.07, 6.45) is 8.81. The van der Waals surface area contributed by atoms with Gasteiger partial charge in [0.25, 0.3) is 0 Å². The lowest BCUT2D eigenvalue weighted by Crippen LogP contribution is -2.29. The molecule has 1 aliphatic rings. The van der Waals surface area contributed by atoms with Gasteiger partial charge in [0.05, 0.1) is 0 Å². The summed E-state index contributed by atoms with van der Waals surface area (Å²) in [5.41, 5.74) is 3.41. The van der Waals surface area contributed by atoms with Crippen molar-refractivity contribution in [3.05, 3.63) is 57.6 Å². The minimum Gasteiger partial charge on any atom is -0.410 e. The summed E-state index contributed by atoms with van der Waals surface area (Å²) in [5, 5.41) is 4.18. The lowest BCUT2D eigenvalue weighted by atomic mass is 10.0. The van der Waals surface area contributed by atoms with Gasteiger partial charge in [-0.05, 0) is 60.7 Å². The molecule has 0 unspecified atom stereocenters. The Morgan fingerprint density at radius 1 is 1.06 bits per heavy atom. The van der Waals surface area contributed by atoms with E-state index in [-0.39, 0.29) is 6.09 Å². The van der Waals surface area contributed by atoms with Gasteiger partial charge in [-0.15, -0.1) is 0 Å². The van der Waals surface area contributed by atoms with Crippen molar-refractivity contribution < 1.29 is 9.53 Å². The molecule has 1 heterocycles. The van der Waals surface area contributed by atoms with Gasteiger partial charge in [0, 0.05) is 35.4 Å². The third kappa shape index (κ3) is 7.33. The fourth-order valence-corrected chi connectivity index (χ4v) is 4.44. The molecule has 2 aromatic carbocycles. The maximum absolute atomic E-state index is 12.1. The van der Waals surface area contributed by atoms with E-state index < -0.39 is 0 Å². The first kappa shape index (κ1) is 23.7. The van der Waals surface area contributed by atoms with Crippen molar-refractivity contribution in [2.45, 2.75) is 64.8 Å². The fraction of sp³-hybridized carbons (Fsp3) is 0.480. The van der Waals surface area contributed by atoms with Crippen molar-refractivity contribution in [3.8, 4) is 5.75 Å². The lowest BCUT2D eigenvalue weighted by molar-refractivity contribution is 0.200. The molecule has 1 N–H and O–H groups in total. The molecule has 31 heavy (non-hydrogen) atoms. The molecule has 0 bridgehead atoms. The van der Waals surface area contributed by atoms with Gasteiger partial charge in [-0.25, -0.2) is 4.79 Å². The predicted octanol–water partition coefficient (Wildman–Crippen LogP) is 7.40. The van der Waals surface area contributed by atoms with E-state index in [2.05, 4.69) is 17.1 Å². The summed E-state index contributed by atoms with van der Waals surface area (Å²) in [6.45, 7) is 4.56. The molecule has 1 aliphatic heterocycles. The van der Waals surface area contributed by atoms with Crippen LogP contribution >= 0.6 is 23.2 Å². The van der Waals surface area contributed by atoms with Crippen molar-refractivity contribution in [2.24, 2.45) is 0 Å². The van der Waals surface area contributed by atoms with Crippen LogP contribution in [-0.4, -0.2) is 19.2 Å². The van der Waals surface area contributed by atoms with Crippen LogP contribution in [0.5, 0.6) is 5.75 Å². The molecule has 0 aliphatic carbocycles. The number of halogens is 2. The van der Waals surface area contributed by atoms with Crippen LogP contribution in [0.25, 0.3) is 0 Å². The zero-order valence-electron chi connectivity index (χ0n) is 18.3. The van der Waals surface area contributed by atoms with Crippen LogP contribution in [0.15, 0.2) is 36.4 Å². The average Bonchev–Trinajstić information content (AvgIpc) is 2.75. The quantitative estimate of drug-likeness (QED) is 0.374. The minimum atomic E-state index is -0.380. The molecule has 6 heteroatoms. The number of nitrogens with one attached hydrogen (secondary N) is 1. The minimum absolute atomic E-state index is 0.380. The first-order valence-electron chi connectivity index (χ1n) is 11.3. The monoisotopic (exact) mass is 462 g/mol. The summed E-state index contributed by atoms with van der Waals surface area (Å²) in [6, 6.07) is 11.5. The number of amides is 1. The Labute approximate surface area is 195 Å². The molecular weight excluding hydrogens is 431 g/mol. The second-order valence-corrected chi connectivity index (χ2v) is 8.98. The molecule has 168 valence electrons. The van der Waals surface area contributed by atoms with Crippen LogP contribution in [0.1, 0.15) is 63.0 Å². The third-order valence-electron chi connectivity index (χ3n) is 5.65. The summed E-state index contributed by atoms with van der Waals surface area (Å²) in [4.78, 5) is 14.4. The van der Waals surface area contributed by atoms with Gasteiger partial charge in [-0.2, -0.15) is 0 Å². The van der Waals surface area contributed by atoms with E-state index in [1.54, 1.807) is 6.07 Å². The first-order chi connectivity index (χ1) is 15.1. The largest absolute Gasteiger partial charge is 0.412 e. The number of fused-ring (bicyclic) bond motifs is 1. The molecule has 0 saturated carbocycles. The van der Waals surface area contributed by atoms with E-state index in [1.165, 1.54) is 31.2 Å². The van der Waals surface area contributed by atoms with Crippen LogP contribution in [0, 0.1) is 0 Å². The smallest absolute Gasteiger partial charge is 0.410 e. The Kier molecular flexibility index (Phi) is 9.35. The Hall–Kier alpha value is -1.91. The maximum Gasteiger partial charge on any atom is 0.412 e. The Morgan fingerprint density at radius 3 is 2.68 bits per heavy atom. The van der Waals surface area contributed by atoms with Gasteiger partial charge in [0.1, 0.15) is 5.75 Å². The molecule has 1 amide bonds. The molecule has 4 nitrogen and oxygen atoms in total. The number of ether oxygens (including phenoxy) is 1. The van der Waals surface area contributed by atoms with Crippen LogP contribution < -0.4 is 15.0 Å². The van der Waals surface area contributed by atoms with Crippen LogP contribution in [0.2, 0.25) is 10.0 Å². The first-order valence-corrected chi connectivity index (χ1v) is 12.1. The molecule has 3 rings (SSSR count). The van der Waals surface area contributed by atoms with E-state index >= 15 is 0 Å². The number of rotatable bonds is 10. The Balaban J connectivity index is 1.52. The van der Waals surface area contributed by atoms with Crippen LogP contribution in [0.3, 0.4) is 0 Å². The lowest BCUT2D eigenvalue weighted by Gasteiger charge is -2.32. The van der Waals surface area contributed by atoms with Crippen LogP contribution in [-0.2, 0) is 13.0 Å². The number of unbranched alkanes of at least 4 members (excludes halogenated alkanes) is 5. The average molecular weight is 463 g/mol. The van der Waals surface area contributed by atoms with Crippen molar-refractivity contribution in [1.82, 2.24) is 5.32 Å². The molecule has 0 saturated heterocycles. The van der Waals surface area contributed by atoms with E-state index in [9.17, 15) is 4.79 Å². The second kappa shape index (κ2) is 12.2. The fourth-order valence-electron chi connectivity index (χ4n) is 3.97. The van der Waals surface area contributed by atoms with Crippen molar-refractivity contribution in [2.75, 3.05) is 18.0 Å². The number of nitrogens with zero attached hydrogens (tertiary/aromatic N) is 1. The molecule has 2 aromatic rings. The van der Waals surface area contributed by atoms with E-state index in [4.69, 9.17) is 27.9 Å². The van der Waals surface area contributed by atoms with Gasteiger partial charge < -0.3 is 15.0 Å². The van der Waals surface area contributed by atoms with Gasteiger partial charge in [-0.1, -0.05) is 68.3 Å². The van der Waals surface area contributed by atoms with Crippen LogP contribution in [0.4, 0.5) is 10.5 Å². The van der Waals surface area contributed by atoms with Gasteiger partial charge in [0.15, 0.2) is 0 Å². The number of aryl methyl sites for hydroxylation is 1. The maximum atomic E-state index is 12.1. The number of carbonyl (C=O) groups excluding carboxylic acids is 1. The molecule has 0 aromatic heterocycles. The number of benzene rings is 2. The highest BCUT2D eigenvalue weighted by Crippen LogP contribution is 2.33. The molecule has 0 fully saturated rings. The summed E-state index contributed by atoms with van der Waals surface area (Å²) < 4.78 is 5.51. The molecule has 0 spiro atoms. The zero-order valence-corrected chi connectivity index (χ0v) is 19.8. The summed E-state index contributed by atoms with van der Waals surface area (Å²) in [7, 11) is 0. The summed E-state index contributed by atoms with van der Waals surface area (Å²) in [5.74, 6) is 0.588. The van der Waals surface area contributed by atoms with E-state index in [0.29, 0.717) is 22.3 Å². The van der Waals surface area contributed by atoms with Crippen molar-refractivity contribution in [1.29, 1.82) is 0 Å². The standard InChI is InChI=1S/C25H32Cl2N2O2/c1-2-3-4-5-6-7-14-28-25(30)31-22-12-13-24-19(16-22)9-8-15-29(24)18-20-10-11-21(26)17-23(20)27/h10-13,16-17H,2-9,14-15,18H2,1H3,(H,28,30). The highest BCUT2D eigenvalue weighted by atomic mass is 35.5. The van der Waals surface area contributed by atoms with E-state index in [0.717, 1.165) is 50.0 Å². The topological polar surface area (TPSA) is 41.6 Å². The molecular formula is C25H32Cl2N2O2. The number of hydrogen-bond donors (Lipinski definition) is 1. The number of anilines is 1. The van der Waals surface area contributed by atoms with Crippen molar-refractivity contribution >= 4 is 35.0 Å². The third-order valence-corrected chi connectivity index (χ3v) is 6.24. The zero-order chi connectivity index (χ0) is 22.1. The predicted molar refractivity (Wildman–Crippen MR) is 130 cm³/mol. The SMILES string of the molecule is CCCCCCCCNC(=O)Oc1ccc2c(c1)CCCN2Cc1ccc(Cl)cc1Cl. The Morgan fingerprint density at radius 2 is 1.87 bits per heavy atom. The normalized spacial score (nSPS) is 13.1. The Bertz CT molecular complexity index is 873. The number of hydrogen-bond acceptors (Lipinski definition) is 3. The second-order valence-electron chi connectivity index (χ2n) is 8.14. The highest BCUT2D eigenvalue weighted by Gasteiger charge is 2.19. The molecule has 0 atom stereocenters. The van der Waals surface area contributed by atoms with Crippen molar-refractivity contribution in [3.63, 3.8) is 0 Å². The van der Waals surface area contributed by atoms with Gasteiger partial charge >= 0.3 is 6.09 Å². The number of carbonyl (C=O) groups is 1. The van der Waals surface area contributed by atoms with Gasteiger partial charge in [-0.3, -0.25) is 0 Å². The highest BCUT2D eigenvalue weighted by molar-refractivity contribution is 6.35. The van der Waals surface area contributed by atoms with E-state index in [1.807, 2.05) is 30.3 Å².